The first-order valence-corrected chi connectivity index (χ1v) is 12.2. The number of nitrogens with one attached hydrogen (secondary N) is 1. The zero-order chi connectivity index (χ0) is 25.4. The predicted octanol–water partition coefficient (Wildman–Crippen LogP) is 4.75. The molecule has 1 amide bonds. The molecule has 1 aromatic heterocycles. The molecule has 2 aromatic carbocycles. The van der Waals surface area contributed by atoms with Crippen LogP contribution < -0.4 is 5.32 Å². The van der Waals surface area contributed by atoms with Crippen molar-refractivity contribution < 1.29 is 23.9 Å². The third-order valence-corrected chi connectivity index (χ3v) is 6.50. The lowest BCUT2D eigenvalue weighted by Crippen LogP contribution is -2.29. The summed E-state index contributed by atoms with van der Waals surface area (Å²) in [5.41, 5.74) is 1.67. The molecular formula is C26H28FN3O4S. The number of carboxylic acids is 1. The summed E-state index contributed by atoms with van der Waals surface area (Å²) >= 11 is 0.961. The van der Waals surface area contributed by atoms with Crippen LogP contribution in [0.2, 0.25) is 0 Å². The van der Waals surface area contributed by atoms with Gasteiger partial charge in [-0.3, -0.25) is 9.59 Å². The van der Waals surface area contributed by atoms with Crippen molar-refractivity contribution in [2.75, 3.05) is 0 Å². The molecule has 1 unspecified atom stereocenters. The topological polar surface area (TPSA) is 101 Å². The average molecular weight is 498 g/mol. The lowest BCUT2D eigenvalue weighted by atomic mass is 10.1. The number of unbranched alkanes of at least 4 members (excludes halogenated alkanes) is 1. The fourth-order valence-electron chi connectivity index (χ4n) is 3.67. The predicted molar refractivity (Wildman–Crippen MR) is 133 cm³/mol. The molecule has 2 N–H and O–H groups in total. The normalized spacial score (nSPS) is 11.7. The van der Waals surface area contributed by atoms with E-state index < -0.39 is 17.0 Å². The summed E-state index contributed by atoms with van der Waals surface area (Å²) in [6.45, 7) is 3.96. The second kappa shape index (κ2) is 12.3. The first-order chi connectivity index (χ1) is 16.8. The summed E-state index contributed by atoms with van der Waals surface area (Å²) in [6.07, 6.45) is 4.29. The zero-order valence-electron chi connectivity index (χ0n) is 19.7. The van der Waals surface area contributed by atoms with E-state index in [0.717, 1.165) is 41.7 Å². The van der Waals surface area contributed by atoms with E-state index in [4.69, 9.17) is 5.11 Å². The summed E-state index contributed by atoms with van der Waals surface area (Å²) in [7, 11) is 0. The fraction of sp³-hybridized carbons (Fsp3) is 0.308. The number of carbonyl (C=O) groups excluding carboxylic acids is 2. The van der Waals surface area contributed by atoms with Gasteiger partial charge < -0.3 is 15.0 Å². The standard InChI is InChI=1S/C26H28FN3O4S/c1-3-4-10-23-28-14-20(30(23)16-18-11-12-21(26(33)34)22(27)13-18)15-29-25(32)24(35-17(2)31)19-8-6-5-7-9-19/h5-9,11-14,24H,3-4,10,15-16H2,1-2H3,(H,29,32)(H,33,34). The first kappa shape index (κ1) is 26.2. The van der Waals surface area contributed by atoms with Crippen molar-refractivity contribution >= 4 is 28.8 Å². The van der Waals surface area contributed by atoms with Gasteiger partial charge in [-0.05, 0) is 29.7 Å². The maximum Gasteiger partial charge on any atom is 0.338 e. The lowest BCUT2D eigenvalue weighted by molar-refractivity contribution is -0.121. The molecule has 35 heavy (non-hydrogen) atoms. The maximum atomic E-state index is 14.2. The van der Waals surface area contributed by atoms with Crippen LogP contribution in [0.3, 0.4) is 0 Å². The Bertz CT molecular complexity index is 1200. The molecule has 0 aliphatic rings. The van der Waals surface area contributed by atoms with Gasteiger partial charge in [0.1, 0.15) is 16.9 Å². The van der Waals surface area contributed by atoms with Crippen molar-refractivity contribution in [3.63, 3.8) is 0 Å². The SMILES string of the molecule is CCCCc1ncc(CNC(=O)C(SC(C)=O)c2ccccc2)n1Cc1ccc(C(=O)O)c(F)c1. The van der Waals surface area contributed by atoms with Gasteiger partial charge in [-0.25, -0.2) is 14.2 Å². The maximum absolute atomic E-state index is 14.2. The quantitative estimate of drug-likeness (QED) is 0.397. The number of hydrogen-bond acceptors (Lipinski definition) is 5. The van der Waals surface area contributed by atoms with Gasteiger partial charge in [0.25, 0.3) is 0 Å². The summed E-state index contributed by atoms with van der Waals surface area (Å²) in [6, 6.07) is 13.1. The molecule has 0 saturated heterocycles. The Balaban J connectivity index is 1.82. The highest BCUT2D eigenvalue weighted by Gasteiger charge is 2.23. The van der Waals surface area contributed by atoms with Crippen molar-refractivity contribution in [2.45, 2.75) is 51.4 Å². The van der Waals surface area contributed by atoms with Crippen LogP contribution in [0.25, 0.3) is 0 Å². The Morgan fingerprint density at radius 3 is 2.54 bits per heavy atom. The van der Waals surface area contributed by atoms with Crippen LogP contribution in [0.15, 0.2) is 54.7 Å². The number of amides is 1. The number of hydrogen-bond donors (Lipinski definition) is 2. The molecule has 1 heterocycles. The molecule has 0 saturated carbocycles. The average Bonchev–Trinajstić information content (AvgIpc) is 3.21. The first-order valence-electron chi connectivity index (χ1n) is 11.3. The third-order valence-electron chi connectivity index (χ3n) is 5.45. The van der Waals surface area contributed by atoms with Gasteiger partial charge in [0, 0.05) is 19.9 Å². The fourth-order valence-corrected chi connectivity index (χ4v) is 4.49. The van der Waals surface area contributed by atoms with Gasteiger partial charge in [-0.1, -0.05) is 61.5 Å². The van der Waals surface area contributed by atoms with Crippen LogP contribution in [0.5, 0.6) is 0 Å². The Hall–Kier alpha value is -3.46. The largest absolute Gasteiger partial charge is 0.478 e. The van der Waals surface area contributed by atoms with Crippen LogP contribution in [0.1, 0.15) is 64.9 Å². The van der Waals surface area contributed by atoms with E-state index >= 15 is 0 Å². The van der Waals surface area contributed by atoms with Crippen molar-refractivity contribution in [3.8, 4) is 0 Å². The minimum Gasteiger partial charge on any atom is -0.478 e. The highest BCUT2D eigenvalue weighted by molar-refractivity contribution is 8.14. The van der Waals surface area contributed by atoms with Crippen molar-refractivity contribution in [3.05, 3.63) is 88.8 Å². The number of thioether (sulfide) groups is 1. The lowest BCUT2D eigenvalue weighted by Gasteiger charge is -2.17. The molecule has 0 aliphatic heterocycles. The van der Waals surface area contributed by atoms with Gasteiger partial charge in [-0.15, -0.1) is 0 Å². The Kier molecular flexibility index (Phi) is 9.19. The van der Waals surface area contributed by atoms with Gasteiger partial charge in [0.05, 0.1) is 24.0 Å². The van der Waals surface area contributed by atoms with E-state index in [1.807, 2.05) is 34.9 Å². The number of nitrogens with zero attached hydrogens (tertiary/aromatic N) is 2. The van der Waals surface area contributed by atoms with Crippen LogP contribution in [0, 0.1) is 5.82 Å². The minimum absolute atomic E-state index is 0.160. The van der Waals surface area contributed by atoms with E-state index in [1.54, 1.807) is 12.3 Å². The van der Waals surface area contributed by atoms with Crippen molar-refractivity contribution in [1.29, 1.82) is 0 Å². The van der Waals surface area contributed by atoms with Gasteiger partial charge in [0.2, 0.25) is 5.91 Å². The third kappa shape index (κ3) is 7.02. The molecule has 3 rings (SSSR count). The molecule has 0 bridgehead atoms. The second-order valence-corrected chi connectivity index (χ2v) is 9.37. The summed E-state index contributed by atoms with van der Waals surface area (Å²) < 4.78 is 16.2. The molecule has 9 heteroatoms. The van der Waals surface area contributed by atoms with Crippen molar-refractivity contribution in [2.24, 2.45) is 0 Å². The smallest absolute Gasteiger partial charge is 0.338 e. The zero-order valence-corrected chi connectivity index (χ0v) is 20.5. The van der Waals surface area contributed by atoms with E-state index in [0.29, 0.717) is 12.0 Å². The van der Waals surface area contributed by atoms with E-state index in [9.17, 15) is 18.8 Å². The van der Waals surface area contributed by atoms with Crippen LogP contribution in [-0.2, 0) is 29.1 Å². The number of rotatable bonds is 11. The number of benzene rings is 2. The molecule has 1 atom stereocenters. The molecule has 3 aromatic rings. The van der Waals surface area contributed by atoms with Crippen LogP contribution >= 0.6 is 11.8 Å². The van der Waals surface area contributed by atoms with Gasteiger partial charge >= 0.3 is 5.97 Å². The molecule has 7 nitrogen and oxygen atoms in total. The number of aromatic nitrogens is 2. The highest BCUT2D eigenvalue weighted by Crippen LogP contribution is 2.29. The number of imidazole rings is 1. The Morgan fingerprint density at radius 2 is 1.91 bits per heavy atom. The summed E-state index contributed by atoms with van der Waals surface area (Å²) in [4.78, 5) is 40.4. The monoisotopic (exact) mass is 497 g/mol. The molecular weight excluding hydrogens is 469 g/mol. The molecule has 184 valence electrons. The van der Waals surface area contributed by atoms with Crippen molar-refractivity contribution in [1.82, 2.24) is 14.9 Å². The van der Waals surface area contributed by atoms with Gasteiger partial charge in [-0.2, -0.15) is 0 Å². The van der Waals surface area contributed by atoms with E-state index in [-0.39, 0.29) is 29.7 Å². The number of halogens is 1. The molecule has 0 aliphatic carbocycles. The minimum atomic E-state index is -1.32. The highest BCUT2D eigenvalue weighted by atomic mass is 32.2. The second-order valence-electron chi connectivity index (χ2n) is 8.09. The number of aromatic carboxylic acids is 1. The molecule has 0 spiro atoms. The number of carboxylic acid groups (broad SMARTS) is 1. The number of aryl methyl sites for hydroxylation is 1. The molecule has 0 fully saturated rings. The van der Waals surface area contributed by atoms with E-state index in [2.05, 4.69) is 17.2 Å². The van der Waals surface area contributed by atoms with Crippen LogP contribution in [-0.4, -0.2) is 31.6 Å². The number of carbonyl (C=O) groups is 3. The summed E-state index contributed by atoms with van der Waals surface area (Å²) in [5.74, 6) is -1.61. The summed E-state index contributed by atoms with van der Waals surface area (Å²) in [5, 5.41) is 11.2. The Labute approximate surface area is 207 Å². The van der Waals surface area contributed by atoms with Crippen LogP contribution in [0.4, 0.5) is 4.39 Å². The Morgan fingerprint density at radius 1 is 1.17 bits per heavy atom. The molecule has 0 radical (unpaired) electrons. The van der Waals surface area contributed by atoms with E-state index in [1.165, 1.54) is 19.1 Å². The van der Waals surface area contributed by atoms with Gasteiger partial charge in [0.15, 0.2) is 5.12 Å².